The predicted octanol–water partition coefficient (Wildman–Crippen LogP) is 6.43. The van der Waals surface area contributed by atoms with Gasteiger partial charge in [-0.25, -0.2) is 9.37 Å². The van der Waals surface area contributed by atoms with Crippen LogP contribution < -0.4 is 19.8 Å². The molecule has 6 rings (SSSR count). The first-order valence-electron chi connectivity index (χ1n) is 12.7. The Morgan fingerprint density at radius 2 is 1.68 bits per heavy atom. The van der Waals surface area contributed by atoms with Gasteiger partial charge in [0.05, 0.1) is 36.7 Å². The van der Waals surface area contributed by atoms with Gasteiger partial charge in [-0.1, -0.05) is 36.4 Å². The van der Waals surface area contributed by atoms with Crippen molar-refractivity contribution in [3.05, 3.63) is 118 Å². The highest BCUT2D eigenvalue weighted by molar-refractivity contribution is 5.88. The molecule has 0 bridgehead atoms. The van der Waals surface area contributed by atoms with Gasteiger partial charge in [-0.3, -0.25) is 4.79 Å². The number of ether oxygens (including phenoxy) is 3. The van der Waals surface area contributed by atoms with Gasteiger partial charge in [0.25, 0.3) is 5.56 Å². The number of hydrogen-bond acceptors (Lipinski definition) is 7. The fourth-order valence-electron chi connectivity index (χ4n) is 4.49. The van der Waals surface area contributed by atoms with Crippen LogP contribution in [0.3, 0.4) is 0 Å². The molecular weight excluding hydrogens is 525 g/mol. The number of benzene rings is 4. The summed E-state index contributed by atoms with van der Waals surface area (Å²) < 4.78 is 38.1. The number of rotatable bonds is 8. The van der Waals surface area contributed by atoms with Crippen molar-refractivity contribution in [2.75, 3.05) is 14.2 Å². The summed E-state index contributed by atoms with van der Waals surface area (Å²) in [6.45, 7) is 0.0419. The molecule has 6 aromatic rings. The van der Waals surface area contributed by atoms with Crippen LogP contribution in [0.25, 0.3) is 33.5 Å². The maximum atomic E-state index is 14.0. The van der Waals surface area contributed by atoms with E-state index >= 15 is 0 Å². The first-order chi connectivity index (χ1) is 20.1. The molecule has 0 aliphatic rings. The lowest BCUT2D eigenvalue weighted by Gasteiger charge is -2.12. The summed E-state index contributed by atoms with van der Waals surface area (Å²) in [7, 11) is 3.10. The van der Waals surface area contributed by atoms with Crippen LogP contribution in [0.1, 0.15) is 11.1 Å². The molecule has 0 unspecified atom stereocenters. The van der Waals surface area contributed by atoms with E-state index in [2.05, 4.69) is 5.10 Å². The van der Waals surface area contributed by atoms with E-state index in [4.69, 9.17) is 23.6 Å². The Morgan fingerprint density at radius 3 is 2.51 bits per heavy atom. The molecular formula is C32H24FN3O5. The zero-order valence-corrected chi connectivity index (χ0v) is 22.2. The van der Waals surface area contributed by atoms with E-state index in [0.29, 0.717) is 50.6 Å². The van der Waals surface area contributed by atoms with Gasteiger partial charge in [-0.05, 0) is 60.2 Å². The van der Waals surface area contributed by atoms with Crippen LogP contribution in [-0.4, -0.2) is 30.1 Å². The topological polar surface area (TPSA) is 88.1 Å². The van der Waals surface area contributed by atoms with E-state index in [1.165, 1.54) is 24.1 Å². The van der Waals surface area contributed by atoms with Gasteiger partial charge in [0.1, 0.15) is 23.8 Å². The SMILES string of the molecule is COc1cc(C=Nn2c(-c3cc4c(OC)cccc4o3)nc3ccccc3c2=O)ccc1OCc1ccccc1F. The van der Waals surface area contributed by atoms with Crippen molar-refractivity contribution in [2.45, 2.75) is 6.61 Å². The third-order valence-electron chi connectivity index (χ3n) is 6.57. The van der Waals surface area contributed by atoms with Crippen LogP contribution in [0.2, 0.25) is 0 Å². The molecule has 0 spiro atoms. The van der Waals surface area contributed by atoms with Crippen LogP contribution in [0.4, 0.5) is 4.39 Å². The minimum absolute atomic E-state index is 0.0419. The first kappa shape index (κ1) is 25.8. The monoisotopic (exact) mass is 549 g/mol. The molecule has 0 aliphatic heterocycles. The minimum Gasteiger partial charge on any atom is -0.496 e. The summed E-state index contributed by atoms with van der Waals surface area (Å²) in [5.74, 6) is 1.76. The smallest absolute Gasteiger partial charge is 0.282 e. The Bertz CT molecular complexity index is 1980. The van der Waals surface area contributed by atoms with E-state index in [0.717, 1.165) is 5.39 Å². The summed E-state index contributed by atoms with van der Waals surface area (Å²) in [5, 5.41) is 5.67. The first-order valence-corrected chi connectivity index (χ1v) is 12.7. The van der Waals surface area contributed by atoms with Gasteiger partial charge in [-0.15, -0.1) is 0 Å². The molecule has 0 radical (unpaired) electrons. The quantitative estimate of drug-likeness (QED) is 0.204. The Kier molecular flexibility index (Phi) is 6.91. The average molecular weight is 550 g/mol. The molecule has 0 saturated carbocycles. The maximum absolute atomic E-state index is 14.0. The van der Waals surface area contributed by atoms with Crippen molar-refractivity contribution in [3.8, 4) is 28.8 Å². The van der Waals surface area contributed by atoms with Crippen LogP contribution in [0.5, 0.6) is 17.2 Å². The second kappa shape index (κ2) is 11.0. The Balaban J connectivity index is 1.38. The van der Waals surface area contributed by atoms with Gasteiger partial charge >= 0.3 is 0 Å². The molecule has 0 N–H and O–H groups in total. The predicted molar refractivity (Wildman–Crippen MR) is 154 cm³/mol. The van der Waals surface area contributed by atoms with E-state index < -0.39 is 0 Å². The summed E-state index contributed by atoms with van der Waals surface area (Å²) in [6, 6.07) is 25.9. The van der Waals surface area contributed by atoms with Crippen molar-refractivity contribution in [1.82, 2.24) is 9.66 Å². The fourth-order valence-corrected chi connectivity index (χ4v) is 4.49. The summed E-state index contributed by atoms with van der Waals surface area (Å²) in [5.41, 5.74) is 1.82. The maximum Gasteiger partial charge on any atom is 0.282 e. The molecule has 0 aliphatic carbocycles. The van der Waals surface area contributed by atoms with E-state index in [1.54, 1.807) is 67.8 Å². The highest BCUT2D eigenvalue weighted by atomic mass is 19.1. The lowest BCUT2D eigenvalue weighted by atomic mass is 10.2. The zero-order valence-electron chi connectivity index (χ0n) is 22.2. The third-order valence-corrected chi connectivity index (χ3v) is 6.57. The summed E-state index contributed by atoms with van der Waals surface area (Å²) >= 11 is 0. The molecule has 0 amide bonds. The van der Waals surface area contributed by atoms with Crippen molar-refractivity contribution < 1.29 is 23.0 Å². The number of fused-ring (bicyclic) bond motifs is 2. The van der Waals surface area contributed by atoms with Crippen molar-refractivity contribution in [1.29, 1.82) is 0 Å². The molecule has 4 aromatic carbocycles. The number of nitrogens with zero attached hydrogens (tertiary/aromatic N) is 3. The van der Waals surface area contributed by atoms with Gasteiger partial charge in [0.2, 0.25) is 5.82 Å². The van der Waals surface area contributed by atoms with Gasteiger partial charge in [0, 0.05) is 5.56 Å². The number of halogens is 1. The van der Waals surface area contributed by atoms with Crippen LogP contribution in [0.15, 0.2) is 105 Å². The largest absolute Gasteiger partial charge is 0.496 e. The molecule has 0 fully saturated rings. The highest BCUT2D eigenvalue weighted by Gasteiger charge is 2.18. The number of furan rings is 1. The molecule has 204 valence electrons. The minimum atomic E-state index is -0.355. The van der Waals surface area contributed by atoms with Crippen LogP contribution in [0, 0.1) is 5.82 Å². The van der Waals surface area contributed by atoms with Gasteiger partial charge in [0.15, 0.2) is 17.3 Å². The third kappa shape index (κ3) is 5.00. The standard InChI is InChI=1S/C32H24FN3O5/c1-38-26-12-7-13-27-23(26)17-30(41-27)31-35-25-11-6-4-9-22(25)32(37)36(31)34-18-20-14-15-28(29(16-20)39-2)40-19-21-8-3-5-10-24(21)33/h3-18H,19H2,1-2H3. The lowest BCUT2D eigenvalue weighted by molar-refractivity contribution is 0.279. The normalized spacial score (nSPS) is 11.4. The van der Waals surface area contributed by atoms with Gasteiger partial charge in [-0.2, -0.15) is 9.78 Å². The summed E-state index contributed by atoms with van der Waals surface area (Å²) in [4.78, 5) is 18.3. The number of hydrogen-bond donors (Lipinski definition) is 0. The van der Waals surface area contributed by atoms with Crippen molar-refractivity contribution in [3.63, 3.8) is 0 Å². The van der Waals surface area contributed by atoms with Crippen molar-refractivity contribution in [2.24, 2.45) is 5.10 Å². The Morgan fingerprint density at radius 1 is 0.878 bits per heavy atom. The molecule has 0 atom stereocenters. The Labute approximate surface area is 233 Å². The number of para-hydroxylation sites is 1. The second-order valence-corrected chi connectivity index (χ2v) is 9.09. The zero-order chi connectivity index (χ0) is 28.3. The van der Waals surface area contributed by atoms with Crippen molar-refractivity contribution >= 4 is 28.1 Å². The molecule has 41 heavy (non-hydrogen) atoms. The molecule has 9 heteroatoms. The van der Waals surface area contributed by atoms with E-state index in [-0.39, 0.29) is 23.8 Å². The molecule has 8 nitrogen and oxygen atoms in total. The molecule has 2 aromatic heterocycles. The molecule has 0 saturated heterocycles. The Hall–Kier alpha value is -5.44. The lowest BCUT2D eigenvalue weighted by Crippen LogP contribution is -2.20. The number of methoxy groups -OCH3 is 2. The van der Waals surface area contributed by atoms with E-state index in [1.807, 2.05) is 24.3 Å². The highest BCUT2D eigenvalue weighted by Crippen LogP contribution is 2.33. The van der Waals surface area contributed by atoms with E-state index in [9.17, 15) is 9.18 Å². The summed E-state index contributed by atoms with van der Waals surface area (Å²) in [6.07, 6.45) is 1.52. The number of aromatic nitrogens is 2. The van der Waals surface area contributed by atoms with Gasteiger partial charge < -0.3 is 18.6 Å². The fraction of sp³-hybridized carbons (Fsp3) is 0.0938. The van der Waals surface area contributed by atoms with Crippen LogP contribution >= 0.6 is 0 Å². The van der Waals surface area contributed by atoms with Crippen LogP contribution in [-0.2, 0) is 6.61 Å². The average Bonchev–Trinajstić information content (AvgIpc) is 3.45. The molecule has 2 heterocycles. The second-order valence-electron chi connectivity index (χ2n) is 9.09.